The van der Waals surface area contributed by atoms with Gasteiger partial charge in [-0.25, -0.2) is 0 Å². The van der Waals surface area contributed by atoms with Gasteiger partial charge >= 0.3 is 0 Å². The van der Waals surface area contributed by atoms with Crippen molar-refractivity contribution >= 4 is 0 Å². The van der Waals surface area contributed by atoms with E-state index in [1.54, 1.807) is 25.3 Å². The van der Waals surface area contributed by atoms with Crippen LogP contribution in [0.3, 0.4) is 0 Å². The number of nitrogens with zero attached hydrogens (tertiary/aromatic N) is 2. The van der Waals surface area contributed by atoms with E-state index in [0.29, 0.717) is 11.5 Å². The van der Waals surface area contributed by atoms with Crippen LogP contribution in [-0.4, -0.2) is 15.2 Å². The molecule has 0 unspecified atom stereocenters. The minimum absolute atomic E-state index is 0.141. The summed E-state index contributed by atoms with van der Waals surface area (Å²) in [7, 11) is 0. The number of pyridine rings is 1. The Morgan fingerprint density at radius 2 is 2.14 bits per heavy atom. The Labute approximate surface area is 81.2 Å². The molecule has 0 saturated heterocycles. The molecular formula is C10H10N2O2. The molecule has 2 heterocycles. The summed E-state index contributed by atoms with van der Waals surface area (Å²) >= 11 is 0. The highest BCUT2D eigenvalue weighted by molar-refractivity contribution is 5.69. The quantitative estimate of drug-likeness (QED) is 0.747. The van der Waals surface area contributed by atoms with E-state index in [9.17, 15) is 5.11 Å². The van der Waals surface area contributed by atoms with Gasteiger partial charge in [-0.1, -0.05) is 5.16 Å². The summed E-state index contributed by atoms with van der Waals surface area (Å²) in [6.45, 7) is 3.61. The van der Waals surface area contributed by atoms with Gasteiger partial charge in [-0.15, -0.1) is 0 Å². The van der Waals surface area contributed by atoms with Crippen LogP contribution in [0.4, 0.5) is 0 Å². The lowest BCUT2D eigenvalue weighted by Gasteiger charge is -2.00. The van der Waals surface area contributed by atoms with Crippen molar-refractivity contribution in [2.75, 3.05) is 0 Å². The molecule has 0 radical (unpaired) electrons. The molecule has 0 atom stereocenters. The zero-order valence-electron chi connectivity index (χ0n) is 7.98. The molecular weight excluding hydrogens is 180 g/mol. The van der Waals surface area contributed by atoms with E-state index >= 15 is 0 Å². The fourth-order valence-corrected chi connectivity index (χ4v) is 1.41. The van der Waals surface area contributed by atoms with E-state index in [0.717, 1.165) is 11.3 Å². The van der Waals surface area contributed by atoms with Gasteiger partial charge in [0.05, 0.1) is 11.3 Å². The van der Waals surface area contributed by atoms with Crippen LogP contribution in [-0.2, 0) is 0 Å². The van der Waals surface area contributed by atoms with Crippen molar-refractivity contribution in [3.05, 3.63) is 29.8 Å². The highest BCUT2D eigenvalue weighted by atomic mass is 16.5. The van der Waals surface area contributed by atoms with E-state index in [2.05, 4.69) is 10.1 Å². The van der Waals surface area contributed by atoms with Gasteiger partial charge in [-0.05, 0) is 26.0 Å². The third kappa shape index (κ3) is 1.25. The Hall–Kier alpha value is -1.84. The average molecular weight is 190 g/mol. The van der Waals surface area contributed by atoms with Crippen molar-refractivity contribution in [1.29, 1.82) is 0 Å². The zero-order valence-corrected chi connectivity index (χ0v) is 7.98. The summed E-state index contributed by atoms with van der Waals surface area (Å²) in [5, 5.41) is 13.4. The van der Waals surface area contributed by atoms with E-state index in [1.807, 2.05) is 6.92 Å². The molecule has 0 fully saturated rings. The molecule has 2 aromatic rings. The molecule has 0 saturated carbocycles. The van der Waals surface area contributed by atoms with E-state index in [1.165, 1.54) is 0 Å². The SMILES string of the molecule is Cc1noc(C)c1-c1ncccc1O. The molecule has 1 N–H and O–H groups in total. The highest BCUT2D eigenvalue weighted by Gasteiger charge is 2.15. The van der Waals surface area contributed by atoms with Gasteiger partial charge < -0.3 is 9.63 Å². The van der Waals surface area contributed by atoms with Crippen molar-refractivity contribution < 1.29 is 9.63 Å². The first-order valence-electron chi connectivity index (χ1n) is 4.27. The van der Waals surface area contributed by atoms with Crippen molar-refractivity contribution in [2.45, 2.75) is 13.8 Å². The monoisotopic (exact) mass is 190 g/mol. The van der Waals surface area contributed by atoms with E-state index in [-0.39, 0.29) is 5.75 Å². The fourth-order valence-electron chi connectivity index (χ4n) is 1.41. The first-order chi connectivity index (χ1) is 6.70. The standard InChI is InChI=1S/C10H10N2O2/c1-6-9(7(2)14-12-6)10-8(13)4-3-5-11-10/h3-5,13H,1-2H3. The van der Waals surface area contributed by atoms with Crippen LogP contribution < -0.4 is 0 Å². The lowest BCUT2D eigenvalue weighted by atomic mass is 10.1. The first-order valence-corrected chi connectivity index (χ1v) is 4.27. The maximum atomic E-state index is 9.60. The van der Waals surface area contributed by atoms with Gasteiger partial charge in [0.1, 0.15) is 17.2 Å². The molecule has 2 aromatic heterocycles. The predicted molar refractivity (Wildman–Crippen MR) is 50.9 cm³/mol. The van der Waals surface area contributed by atoms with Crippen molar-refractivity contribution in [3.8, 4) is 17.0 Å². The molecule has 4 nitrogen and oxygen atoms in total. The lowest BCUT2D eigenvalue weighted by Crippen LogP contribution is -1.86. The first kappa shape index (κ1) is 8.74. The number of hydrogen-bond donors (Lipinski definition) is 1. The Kier molecular flexibility index (Phi) is 1.96. The Balaban J connectivity index is 2.66. The zero-order chi connectivity index (χ0) is 10.1. The van der Waals surface area contributed by atoms with Crippen LogP contribution in [0.25, 0.3) is 11.3 Å². The normalized spacial score (nSPS) is 10.4. The fraction of sp³-hybridized carbons (Fsp3) is 0.200. The molecule has 0 aromatic carbocycles. The second kappa shape index (κ2) is 3.14. The Morgan fingerprint density at radius 1 is 1.36 bits per heavy atom. The molecule has 0 bridgehead atoms. The van der Waals surface area contributed by atoms with Crippen molar-refractivity contribution in [2.24, 2.45) is 0 Å². The number of aromatic hydroxyl groups is 1. The Bertz CT molecular complexity index is 443. The molecule has 0 aliphatic rings. The van der Waals surface area contributed by atoms with Crippen LogP contribution in [0.15, 0.2) is 22.9 Å². The third-order valence-electron chi connectivity index (χ3n) is 2.06. The summed E-state index contributed by atoms with van der Waals surface area (Å²) in [4.78, 5) is 4.09. The second-order valence-corrected chi connectivity index (χ2v) is 3.07. The second-order valence-electron chi connectivity index (χ2n) is 3.07. The molecule has 14 heavy (non-hydrogen) atoms. The molecule has 72 valence electrons. The summed E-state index contributed by atoms with van der Waals surface area (Å²) in [5.41, 5.74) is 2.02. The van der Waals surface area contributed by atoms with Crippen LogP contribution >= 0.6 is 0 Å². The molecule has 0 aliphatic carbocycles. The van der Waals surface area contributed by atoms with Crippen LogP contribution in [0, 0.1) is 13.8 Å². The summed E-state index contributed by atoms with van der Waals surface area (Å²) in [6.07, 6.45) is 1.63. The molecule has 0 amide bonds. The van der Waals surface area contributed by atoms with E-state index < -0.39 is 0 Å². The number of rotatable bonds is 1. The predicted octanol–water partition coefficient (Wildman–Crippen LogP) is 2.06. The van der Waals surface area contributed by atoms with Crippen LogP contribution in [0.2, 0.25) is 0 Å². The van der Waals surface area contributed by atoms with Crippen LogP contribution in [0.5, 0.6) is 5.75 Å². The number of aryl methyl sites for hydroxylation is 2. The average Bonchev–Trinajstić information content (AvgIpc) is 2.48. The number of aromatic nitrogens is 2. The van der Waals surface area contributed by atoms with Crippen molar-refractivity contribution in [3.63, 3.8) is 0 Å². The molecule has 0 aliphatic heterocycles. The maximum absolute atomic E-state index is 9.60. The summed E-state index contributed by atoms with van der Waals surface area (Å²) in [6, 6.07) is 3.27. The summed E-state index contributed by atoms with van der Waals surface area (Å²) < 4.78 is 5.00. The number of hydrogen-bond acceptors (Lipinski definition) is 4. The van der Waals surface area contributed by atoms with E-state index in [4.69, 9.17) is 4.52 Å². The largest absolute Gasteiger partial charge is 0.506 e. The van der Waals surface area contributed by atoms with Gasteiger partial charge in [0.2, 0.25) is 0 Å². The smallest absolute Gasteiger partial charge is 0.143 e. The van der Waals surface area contributed by atoms with Gasteiger partial charge in [0.15, 0.2) is 0 Å². The van der Waals surface area contributed by atoms with Gasteiger partial charge in [0.25, 0.3) is 0 Å². The van der Waals surface area contributed by atoms with Gasteiger partial charge in [-0.3, -0.25) is 4.98 Å². The lowest BCUT2D eigenvalue weighted by molar-refractivity contribution is 0.393. The molecule has 0 spiro atoms. The van der Waals surface area contributed by atoms with Gasteiger partial charge in [0, 0.05) is 6.20 Å². The minimum Gasteiger partial charge on any atom is -0.506 e. The highest BCUT2D eigenvalue weighted by Crippen LogP contribution is 2.31. The summed E-state index contributed by atoms with van der Waals surface area (Å²) in [5.74, 6) is 0.804. The van der Waals surface area contributed by atoms with Crippen molar-refractivity contribution in [1.82, 2.24) is 10.1 Å². The van der Waals surface area contributed by atoms with Crippen LogP contribution in [0.1, 0.15) is 11.5 Å². The third-order valence-corrected chi connectivity index (χ3v) is 2.06. The molecule has 2 rings (SSSR count). The molecule has 4 heteroatoms. The minimum atomic E-state index is 0.141. The maximum Gasteiger partial charge on any atom is 0.143 e. The Morgan fingerprint density at radius 3 is 2.71 bits per heavy atom. The van der Waals surface area contributed by atoms with Gasteiger partial charge in [-0.2, -0.15) is 0 Å². The topological polar surface area (TPSA) is 59.2 Å².